The second-order valence-corrected chi connectivity index (χ2v) is 5.55. The number of aldehydes is 1. The van der Waals surface area contributed by atoms with Gasteiger partial charge in [-0.15, -0.1) is 0 Å². The van der Waals surface area contributed by atoms with Crippen molar-refractivity contribution in [1.29, 1.82) is 0 Å². The summed E-state index contributed by atoms with van der Waals surface area (Å²) in [6.07, 6.45) is 7.16. The van der Waals surface area contributed by atoms with E-state index in [0.29, 0.717) is 5.56 Å². The Morgan fingerprint density at radius 1 is 0.957 bits per heavy atom. The van der Waals surface area contributed by atoms with Crippen molar-refractivity contribution in [3.8, 4) is 0 Å². The van der Waals surface area contributed by atoms with Gasteiger partial charge in [-0.2, -0.15) is 0 Å². The van der Waals surface area contributed by atoms with E-state index in [1.54, 1.807) is 0 Å². The second kappa shape index (κ2) is 5.61. The van der Waals surface area contributed by atoms with Crippen molar-refractivity contribution in [2.24, 2.45) is 0 Å². The van der Waals surface area contributed by atoms with Crippen molar-refractivity contribution >= 4 is 17.7 Å². The molecule has 0 aliphatic carbocycles. The van der Waals surface area contributed by atoms with Crippen LogP contribution in [0, 0.1) is 0 Å². The first-order valence-corrected chi connectivity index (χ1v) is 7.63. The fourth-order valence-electron chi connectivity index (χ4n) is 2.99. The number of fused-ring (bicyclic) bond motifs is 1. The van der Waals surface area contributed by atoms with Crippen LogP contribution in [0.1, 0.15) is 21.5 Å². The molecule has 0 saturated heterocycles. The summed E-state index contributed by atoms with van der Waals surface area (Å²) in [6.45, 7) is 0.833. The lowest BCUT2D eigenvalue weighted by Crippen LogP contribution is -2.23. The lowest BCUT2D eigenvalue weighted by molar-refractivity contribution is 0.112. The van der Waals surface area contributed by atoms with Crippen molar-refractivity contribution in [1.82, 2.24) is 10.2 Å². The topological polar surface area (TPSA) is 32.3 Å². The maximum Gasteiger partial charge on any atom is 0.150 e. The van der Waals surface area contributed by atoms with Gasteiger partial charge in [0.05, 0.1) is 11.4 Å². The van der Waals surface area contributed by atoms with Gasteiger partial charge in [0, 0.05) is 23.2 Å². The molecule has 112 valence electrons. The first-order valence-electron chi connectivity index (χ1n) is 7.63. The third-order valence-electron chi connectivity index (χ3n) is 4.11. The van der Waals surface area contributed by atoms with E-state index >= 15 is 0 Å². The molecule has 0 amide bonds. The Labute approximate surface area is 135 Å². The summed E-state index contributed by atoms with van der Waals surface area (Å²) in [6, 6.07) is 18.0. The van der Waals surface area contributed by atoms with Crippen LogP contribution in [0.5, 0.6) is 0 Å². The van der Waals surface area contributed by atoms with E-state index in [2.05, 4.69) is 40.6 Å². The lowest BCUT2D eigenvalue weighted by atomic mass is 10.0. The Bertz CT molecular complexity index is 830. The quantitative estimate of drug-likeness (QED) is 0.878. The summed E-state index contributed by atoms with van der Waals surface area (Å²) in [5.41, 5.74) is 5.18. The molecule has 23 heavy (non-hydrogen) atoms. The Hall–Kier alpha value is -3.07. The Morgan fingerprint density at radius 2 is 1.74 bits per heavy atom. The van der Waals surface area contributed by atoms with Crippen molar-refractivity contribution < 1.29 is 4.79 Å². The van der Waals surface area contributed by atoms with Gasteiger partial charge in [-0.25, -0.2) is 0 Å². The van der Waals surface area contributed by atoms with E-state index in [4.69, 9.17) is 0 Å². The van der Waals surface area contributed by atoms with Gasteiger partial charge in [0.1, 0.15) is 12.1 Å². The van der Waals surface area contributed by atoms with E-state index in [1.165, 1.54) is 0 Å². The predicted molar refractivity (Wildman–Crippen MR) is 92.2 cm³/mol. The SMILES string of the molecule is O=Cc1ccc(C2=C(c3ccccc3)NC3=CC=CCN32)cc1. The number of carbonyl (C=O) groups is 1. The normalized spacial score (nSPS) is 16.0. The standard InChI is InChI=1S/C20H16N2O/c23-14-15-9-11-17(12-10-15)20-19(16-6-2-1-3-7-16)21-18-8-4-5-13-22(18)20/h1-12,14,21H,13H2. The summed E-state index contributed by atoms with van der Waals surface area (Å²) in [7, 11) is 0. The number of benzene rings is 2. The number of hydrogen-bond acceptors (Lipinski definition) is 3. The Balaban J connectivity index is 1.86. The van der Waals surface area contributed by atoms with Crippen molar-refractivity contribution in [3.63, 3.8) is 0 Å². The molecule has 2 heterocycles. The van der Waals surface area contributed by atoms with Gasteiger partial charge in [0.15, 0.2) is 0 Å². The minimum absolute atomic E-state index is 0.691. The minimum atomic E-state index is 0.691. The number of allylic oxidation sites excluding steroid dienone is 2. The molecule has 0 aromatic heterocycles. The molecule has 0 spiro atoms. The highest BCUT2D eigenvalue weighted by Gasteiger charge is 2.28. The Morgan fingerprint density at radius 3 is 2.48 bits per heavy atom. The highest BCUT2D eigenvalue weighted by Crippen LogP contribution is 2.37. The molecule has 0 saturated carbocycles. The highest BCUT2D eigenvalue weighted by molar-refractivity contribution is 5.93. The van der Waals surface area contributed by atoms with E-state index in [1.807, 2.05) is 42.5 Å². The zero-order chi connectivity index (χ0) is 15.6. The molecule has 1 N–H and O–H groups in total. The van der Waals surface area contributed by atoms with E-state index in [0.717, 1.165) is 41.2 Å². The molecule has 2 aromatic rings. The fraction of sp³-hybridized carbons (Fsp3) is 0.0500. The zero-order valence-electron chi connectivity index (χ0n) is 12.6. The third-order valence-corrected chi connectivity index (χ3v) is 4.11. The lowest BCUT2D eigenvalue weighted by Gasteiger charge is -2.23. The molecule has 2 aliphatic rings. The molecule has 0 atom stereocenters. The fourth-order valence-corrected chi connectivity index (χ4v) is 2.99. The van der Waals surface area contributed by atoms with Gasteiger partial charge >= 0.3 is 0 Å². The first kappa shape index (κ1) is 13.6. The van der Waals surface area contributed by atoms with Gasteiger partial charge in [0.2, 0.25) is 0 Å². The number of nitrogens with one attached hydrogen (secondary N) is 1. The largest absolute Gasteiger partial charge is 0.339 e. The van der Waals surface area contributed by atoms with Crippen LogP contribution >= 0.6 is 0 Å². The molecule has 3 nitrogen and oxygen atoms in total. The number of nitrogens with zero attached hydrogens (tertiary/aromatic N) is 1. The van der Waals surface area contributed by atoms with Gasteiger partial charge in [-0.05, 0) is 6.08 Å². The number of hydrogen-bond donors (Lipinski definition) is 1. The smallest absolute Gasteiger partial charge is 0.150 e. The van der Waals surface area contributed by atoms with Gasteiger partial charge in [-0.3, -0.25) is 4.79 Å². The zero-order valence-corrected chi connectivity index (χ0v) is 12.6. The maximum atomic E-state index is 10.9. The average molecular weight is 300 g/mol. The van der Waals surface area contributed by atoms with Crippen LogP contribution in [-0.4, -0.2) is 17.7 Å². The average Bonchev–Trinajstić information content (AvgIpc) is 3.02. The molecular formula is C20H16N2O. The van der Waals surface area contributed by atoms with Crippen LogP contribution < -0.4 is 5.32 Å². The van der Waals surface area contributed by atoms with Crippen molar-refractivity contribution in [2.75, 3.05) is 6.54 Å². The Kier molecular flexibility index (Phi) is 3.31. The van der Waals surface area contributed by atoms with E-state index < -0.39 is 0 Å². The van der Waals surface area contributed by atoms with E-state index in [9.17, 15) is 4.79 Å². The van der Waals surface area contributed by atoms with E-state index in [-0.39, 0.29) is 0 Å². The van der Waals surface area contributed by atoms with Crippen LogP contribution in [-0.2, 0) is 0 Å². The van der Waals surface area contributed by atoms with Gasteiger partial charge in [-0.1, -0.05) is 66.7 Å². The van der Waals surface area contributed by atoms with Crippen LogP contribution in [0.3, 0.4) is 0 Å². The van der Waals surface area contributed by atoms with Gasteiger partial charge < -0.3 is 10.2 Å². The number of rotatable bonds is 3. The molecule has 3 heteroatoms. The maximum absolute atomic E-state index is 10.9. The summed E-state index contributed by atoms with van der Waals surface area (Å²) >= 11 is 0. The third kappa shape index (κ3) is 2.36. The second-order valence-electron chi connectivity index (χ2n) is 5.55. The van der Waals surface area contributed by atoms with Crippen LogP contribution in [0.15, 0.2) is 78.6 Å². The monoisotopic (exact) mass is 300 g/mol. The van der Waals surface area contributed by atoms with Crippen LogP contribution in [0.4, 0.5) is 0 Å². The van der Waals surface area contributed by atoms with Crippen LogP contribution in [0.2, 0.25) is 0 Å². The summed E-state index contributed by atoms with van der Waals surface area (Å²) < 4.78 is 0. The molecule has 0 bridgehead atoms. The molecule has 2 aromatic carbocycles. The molecule has 0 unspecified atom stereocenters. The summed E-state index contributed by atoms with van der Waals surface area (Å²) in [5.74, 6) is 1.08. The van der Waals surface area contributed by atoms with Crippen molar-refractivity contribution in [2.45, 2.75) is 0 Å². The van der Waals surface area contributed by atoms with Crippen molar-refractivity contribution in [3.05, 3.63) is 95.3 Å². The highest BCUT2D eigenvalue weighted by atomic mass is 16.1. The first-order chi connectivity index (χ1) is 11.4. The summed E-state index contributed by atoms with van der Waals surface area (Å²) in [4.78, 5) is 13.2. The molecule has 0 radical (unpaired) electrons. The molecule has 2 aliphatic heterocycles. The summed E-state index contributed by atoms with van der Waals surface area (Å²) in [5, 5.41) is 3.53. The minimum Gasteiger partial charge on any atom is -0.339 e. The number of carbonyl (C=O) groups excluding carboxylic acids is 1. The van der Waals surface area contributed by atoms with Gasteiger partial charge in [0.25, 0.3) is 0 Å². The molecule has 0 fully saturated rings. The molecule has 4 rings (SSSR count). The van der Waals surface area contributed by atoms with Crippen LogP contribution in [0.25, 0.3) is 11.4 Å². The predicted octanol–water partition coefficient (Wildman–Crippen LogP) is 3.64. The molecular weight excluding hydrogens is 284 g/mol.